The molecule has 0 aliphatic heterocycles. The molecule has 0 bridgehead atoms. The van der Waals surface area contributed by atoms with Crippen molar-refractivity contribution in [2.24, 2.45) is 0 Å². The highest BCUT2D eigenvalue weighted by molar-refractivity contribution is 8.00. The number of rotatable bonds is 8. The lowest BCUT2D eigenvalue weighted by atomic mass is 10.1. The van der Waals surface area contributed by atoms with Crippen LogP contribution in [0.1, 0.15) is 10.4 Å². The molecule has 1 heterocycles. The zero-order valence-corrected chi connectivity index (χ0v) is 19.6. The van der Waals surface area contributed by atoms with Crippen LogP contribution in [0.3, 0.4) is 0 Å². The number of carbonyl (C=O) groups excluding carboxylic acids is 2. The Morgan fingerprint density at radius 2 is 1.80 bits per heavy atom. The van der Waals surface area contributed by atoms with Gasteiger partial charge in [0.2, 0.25) is 5.91 Å². The standard InChI is InChI=1S/C24H17FN4O4S2/c25-20-7-2-1-6-19(20)23(31)26-16-8-10-18(11-9-16)34-14-22(30)28-24-27-21(13-35-24)15-4-3-5-17(12-15)29(32)33/h1-13H,14H2,(H,26,31)(H,27,28,30). The number of carbonyl (C=O) groups is 2. The van der Waals surface area contributed by atoms with Gasteiger partial charge in [0.25, 0.3) is 11.6 Å². The molecule has 2 N–H and O–H groups in total. The summed E-state index contributed by atoms with van der Waals surface area (Å²) in [6, 6.07) is 18.7. The smallest absolute Gasteiger partial charge is 0.270 e. The number of nitro groups is 1. The number of anilines is 2. The van der Waals surface area contributed by atoms with Gasteiger partial charge >= 0.3 is 0 Å². The van der Waals surface area contributed by atoms with E-state index in [-0.39, 0.29) is 22.9 Å². The van der Waals surface area contributed by atoms with E-state index in [1.807, 2.05) is 0 Å². The summed E-state index contributed by atoms with van der Waals surface area (Å²) in [5.41, 5.74) is 1.56. The first-order chi connectivity index (χ1) is 16.9. The molecule has 0 fully saturated rings. The number of non-ortho nitro benzene ring substituents is 1. The second-order valence-electron chi connectivity index (χ2n) is 7.14. The summed E-state index contributed by atoms with van der Waals surface area (Å²) in [4.78, 5) is 40.2. The lowest BCUT2D eigenvalue weighted by molar-refractivity contribution is -0.384. The van der Waals surface area contributed by atoms with Gasteiger partial charge in [-0.15, -0.1) is 23.1 Å². The molecule has 1 aromatic heterocycles. The van der Waals surface area contributed by atoms with Crippen LogP contribution in [0.15, 0.2) is 83.1 Å². The van der Waals surface area contributed by atoms with Gasteiger partial charge in [0.15, 0.2) is 5.13 Å². The second-order valence-corrected chi connectivity index (χ2v) is 9.05. The van der Waals surface area contributed by atoms with E-state index in [1.165, 1.54) is 53.4 Å². The van der Waals surface area contributed by atoms with E-state index in [9.17, 15) is 24.1 Å². The highest BCUT2D eigenvalue weighted by atomic mass is 32.2. The molecule has 0 radical (unpaired) electrons. The van der Waals surface area contributed by atoms with E-state index in [1.54, 1.807) is 47.8 Å². The van der Waals surface area contributed by atoms with Crippen molar-refractivity contribution < 1.29 is 18.9 Å². The van der Waals surface area contributed by atoms with Gasteiger partial charge in [0.05, 0.1) is 21.9 Å². The number of benzene rings is 3. The Bertz CT molecular complexity index is 1390. The summed E-state index contributed by atoms with van der Waals surface area (Å²) in [6.45, 7) is 0. The molecule has 2 amide bonds. The van der Waals surface area contributed by atoms with E-state index < -0.39 is 16.6 Å². The summed E-state index contributed by atoms with van der Waals surface area (Å²) < 4.78 is 13.7. The van der Waals surface area contributed by atoms with Crippen LogP contribution < -0.4 is 10.6 Å². The normalized spacial score (nSPS) is 10.5. The Labute approximate surface area is 207 Å². The highest BCUT2D eigenvalue weighted by Gasteiger charge is 2.13. The summed E-state index contributed by atoms with van der Waals surface area (Å²) in [7, 11) is 0. The first kappa shape index (κ1) is 24.0. The van der Waals surface area contributed by atoms with Crippen molar-refractivity contribution in [1.29, 1.82) is 0 Å². The number of hydrogen-bond donors (Lipinski definition) is 2. The first-order valence-electron chi connectivity index (χ1n) is 10.2. The molecule has 4 aromatic rings. The minimum Gasteiger partial charge on any atom is -0.322 e. The van der Waals surface area contributed by atoms with Crippen LogP contribution in [0.25, 0.3) is 11.3 Å². The van der Waals surface area contributed by atoms with Crippen LogP contribution in [-0.2, 0) is 4.79 Å². The van der Waals surface area contributed by atoms with Gasteiger partial charge in [-0.25, -0.2) is 9.37 Å². The molecule has 4 rings (SSSR count). The number of nitro benzene ring substituents is 1. The Morgan fingerprint density at radius 3 is 2.54 bits per heavy atom. The van der Waals surface area contributed by atoms with Crippen LogP contribution in [-0.4, -0.2) is 27.5 Å². The summed E-state index contributed by atoms with van der Waals surface area (Å²) >= 11 is 2.53. The molecule has 8 nitrogen and oxygen atoms in total. The van der Waals surface area contributed by atoms with Gasteiger partial charge in [-0.05, 0) is 36.4 Å². The topological polar surface area (TPSA) is 114 Å². The van der Waals surface area contributed by atoms with Crippen LogP contribution >= 0.6 is 23.1 Å². The van der Waals surface area contributed by atoms with E-state index in [0.717, 1.165) is 4.90 Å². The van der Waals surface area contributed by atoms with E-state index >= 15 is 0 Å². The van der Waals surface area contributed by atoms with Gasteiger partial charge in [-0.2, -0.15) is 0 Å². The lowest BCUT2D eigenvalue weighted by Crippen LogP contribution is -2.14. The van der Waals surface area contributed by atoms with Crippen molar-refractivity contribution in [3.63, 3.8) is 0 Å². The fourth-order valence-corrected chi connectivity index (χ4v) is 4.46. The van der Waals surface area contributed by atoms with Crippen molar-refractivity contribution >= 4 is 51.4 Å². The Morgan fingerprint density at radius 1 is 1.03 bits per heavy atom. The Balaban J connectivity index is 1.29. The predicted octanol–water partition coefficient (Wildman–Crippen LogP) is 5.84. The molecular weight excluding hydrogens is 491 g/mol. The minimum atomic E-state index is -0.597. The van der Waals surface area contributed by atoms with Crippen molar-refractivity contribution in [2.45, 2.75) is 4.90 Å². The summed E-state index contributed by atoms with van der Waals surface area (Å²) in [5, 5.41) is 18.4. The molecule has 0 atom stereocenters. The number of thiazole rings is 1. The van der Waals surface area contributed by atoms with Crippen LogP contribution in [0.5, 0.6) is 0 Å². The maximum atomic E-state index is 13.7. The molecule has 0 aliphatic carbocycles. The van der Waals surface area contributed by atoms with Crippen molar-refractivity contribution in [1.82, 2.24) is 4.98 Å². The number of halogens is 1. The maximum absolute atomic E-state index is 13.7. The van der Waals surface area contributed by atoms with Crippen molar-refractivity contribution in [3.05, 3.63) is 99.7 Å². The van der Waals surface area contributed by atoms with Gasteiger partial charge in [0.1, 0.15) is 5.82 Å². The minimum absolute atomic E-state index is 0.0321. The zero-order valence-electron chi connectivity index (χ0n) is 17.9. The third-order valence-electron chi connectivity index (χ3n) is 4.70. The highest BCUT2D eigenvalue weighted by Crippen LogP contribution is 2.28. The number of nitrogens with zero attached hydrogens (tertiary/aromatic N) is 2. The lowest BCUT2D eigenvalue weighted by Gasteiger charge is -2.07. The molecule has 176 valence electrons. The number of aromatic nitrogens is 1. The predicted molar refractivity (Wildman–Crippen MR) is 134 cm³/mol. The average molecular weight is 509 g/mol. The van der Waals surface area contributed by atoms with Crippen LogP contribution in [0.2, 0.25) is 0 Å². The molecular formula is C24H17FN4O4S2. The quantitative estimate of drug-likeness (QED) is 0.176. The van der Waals surface area contributed by atoms with Gasteiger partial charge < -0.3 is 10.6 Å². The average Bonchev–Trinajstić information content (AvgIpc) is 3.32. The van der Waals surface area contributed by atoms with E-state index in [4.69, 9.17) is 0 Å². The van der Waals surface area contributed by atoms with Gasteiger partial charge in [-0.3, -0.25) is 19.7 Å². The number of amides is 2. The Kier molecular flexibility index (Phi) is 7.48. The Hall–Kier alpha value is -4.09. The second kappa shape index (κ2) is 10.9. The molecule has 3 aromatic carbocycles. The first-order valence-corrected chi connectivity index (χ1v) is 12.0. The molecule has 35 heavy (non-hydrogen) atoms. The SMILES string of the molecule is O=C(CSc1ccc(NC(=O)c2ccccc2F)cc1)Nc1nc(-c2cccc([N+](=O)[O-])c2)cs1. The van der Waals surface area contributed by atoms with E-state index in [2.05, 4.69) is 15.6 Å². The largest absolute Gasteiger partial charge is 0.322 e. The summed E-state index contributed by atoms with van der Waals surface area (Å²) in [6.07, 6.45) is 0. The number of nitrogens with one attached hydrogen (secondary N) is 2. The number of thioether (sulfide) groups is 1. The number of hydrogen-bond acceptors (Lipinski definition) is 7. The molecule has 0 saturated heterocycles. The molecule has 0 saturated carbocycles. The van der Waals surface area contributed by atoms with Gasteiger partial charge in [0, 0.05) is 33.7 Å². The summed E-state index contributed by atoms with van der Waals surface area (Å²) in [5.74, 6) is -1.27. The molecule has 0 spiro atoms. The monoisotopic (exact) mass is 508 g/mol. The third kappa shape index (κ3) is 6.28. The third-order valence-corrected chi connectivity index (χ3v) is 6.47. The van der Waals surface area contributed by atoms with Gasteiger partial charge in [-0.1, -0.05) is 24.3 Å². The molecule has 11 heteroatoms. The van der Waals surface area contributed by atoms with Crippen LogP contribution in [0.4, 0.5) is 20.9 Å². The van der Waals surface area contributed by atoms with Crippen LogP contribution in [0, 0.1) is 15.9 Å². The van der Waals surface area contributed by atoms with Crippen molar-refractivity contribution in [2.75, 3.05) is 16.4 Å². The molecule has 0 aliphatic rings. The van der Waals surface area contributed by atoms with E-state index in [0.29, 0.717) is 22.1 Å². The van der Waals surface area contributed by atoms with Crippen molar-refractivity contribution in [3.8, 4) is 11.3 Å². The maximum Gasteiger partial charge on any atom is 0.270 e. The zero-order chi connectivity index (χ0) is 24.8. The fraction of sp³-hybridized carbons (Fsp3) is 0.0417. The fourth-order valence-electron chi connectivity index (χ4n) is 3.03. The molecule has 0 unspecified atom stereocenters.